The van der Waals surface area contributed by atoms with Crippen molar-refractivity contribution >= 4 is 40.0 Å². The molecule has 0 aromatic heterocycles. The lowest BCUT2D eigenvalue weighted by atomic mass is 10.2. The number of nitriles is 1. The molecule has 0 amide bonds. The Balaban J connectivity index is 3.20. The second kappa shape index (κ2) is 6.69. The van der Waals surface area contributed by atoms with Gasteiger partial charge in [0, 0.05) is 3.57 Å². The number of esters is 1. The molecule has 0 aliphatic carbocycles. The lowest BCUT2D eigenvalue weighted by Gasteiger charge is -2.10. The molecule has 0 fully saturated rings. The molecule has 20 heavy (non-hydrogen) atoms. The van der Waals surface area contributed by atoms with Gasteiger partial charge in [0.05, 0.1) is 30.9 Å². The van der Waals surface area contributed by atoms with Crippen LogP contribution in [0.3, 0.4) is 0 Å². The lowest BCUT2D eigenvalue weighted by molar-refractivity contribution is -0.140. The molecule has 1 rings (SSSR count). The first-order chi connectivity index (χ1) is 9.27. The van der Waals surface area contributed by atoms with Crippen LogP contribution in [0.15, 0.2) is 23.2 Å². The maximum Gasteiger partial charge on any atom is 0.430 e. The number of hydrogen-bond acceptors (Lipinski definition) is 4. The molecule has 106 valence electrons. The van der Waals surface area contributed by atoms with Gasteiger partial charge in [-0.1, -0.05) is 0 Å². The van der Waals surface area contributed by atoms with E-state index in [1.807, 2.05) is 6.07 Å². The Morgan fingerprint density at radius 2 is 2.15 bits per heavy atom. The Kier molecular flexibility index (Phi) is 5.50. The van der Waals surface area contributed by atoms with Gasteiger partial charge in [-0.25, -0.2) is 4.99 Å². The van der Waals surface area contributed by atoms with Crippen molar-refractivity contribution < 1.29 is 22.7 Å². The number of carbonyl (C=O) groups is 1. The number of alkyl halides is 3. The van der Waals surface area contributed by atoms with Crippen LogP contribution in [0.2, 0.25) is 0 Å². The van der Waals surface area contributed by atoms with E-state index in [0.29, 0.717) is 9.13 Å². The fourth-order valence-corrected chi connectivity index (χ4v) is 1.86. The number of benzene rings is 1. The van der Waals surface area contributed by atoms with Gasteiger partial charge in [-0.05, 0) is 40.8 Å². The standard InChI is InChI=1S/C12H8F3IN2O2/c1-20-11(19)5-10(12(13,14)15)18-9-3-2-7(6-17)4-8(9)16/h2-4H,5H2,1H3. The van der Waals surface area contributed by atoms with Crippen molar-refractivity contribution in [1.82, 2.24) is 0 Å². The topological polar surface area (TPSA) is 62.4 Å². The molecule has 0 aliphatic heterocycles. The number of rotatable bonds is 3. The van der Waals surface area contributed by atoms with Crippen LogP contribution in [-0.4, -0.2) is 25.0 Å². The van der Waals surface area contributed by atoms with Crippen LogP contribution in [-0.2, 0) is 9.53 Å². The second-order valence-corrected chi connectivity index (χ2v) is 4.75. The van der Waals surface area contributed by atoms with Crippen LogP contribution >= 0.6 is 22.6 Å². The van der Waals surface area contributed by atoms with Crippen LogP contribution in [0, 0.1) is 14.9 Å². The molecule has 1 aromatic carbocycles. The smallest absolute Gasteiger partial charge is 0.430 e. The molecule has 8 heteroatoms. The Labute approximate surface area is 126 Å². The number of methoxy groups -OCH3 is 1. The summed E-state index contributed by atoms with van der Waals surface area (Å²) in [4.78, 5) is 14.5. The largest absolute Gasteiger partial charge is 0.469 e. The van der Waals surface area contributed by atoms with E-state index in [0.717, 1.165) is 7.11 Å². The molecule has 1 aromatic rings. The van der Waals surface area contributed by atoms with Gasteiger partial charge >= 0.3 is 12.1 Å². The normalized spacial score (nSPS) is 11.9. The van der Waals surface area contributed by atoms with Crippen LogP contribution in [0.4, 0.5) is 18.9 Å². The highest BCUT2D eigenvalue weighted by molar-refractivity contribution is 14.1. The Morgan fingerprint density at radius 1 is 1.50 bits per heavy atom. The molecule has 0 unspecified atom stereocenters. The minimum Gasteiger partial charge on any atom is -0.469 e. The number of carbonyl (C=O) groups excluding carboxylic acids is 1. The SMILES string of the molecule is COC(=O)CC(=Nc1ccc(C#N)cc1I)C(F)(F)F. The minimum absolute atomic E-state index is 0.0424. The summed E-state index contributed by atoms with van der Waals surface area (Å²) < 4.78 is 43.0. The summed E-state index contributed by atoms with van der Waals surface area (Å²) in [7, 11) is 1.00. The van der Waals surface area contributed by atoms with Gasteiger partial charge in [0.2, 0.25) is 0 Å². The van der Waals surface area contributed by atoms with Crippen molar-refractivity contribution in [3.8, 4) is 6.07 Å². The van der Waals surface area contributed by atoms with E-state index in [9.17, 15) is 18.0 Å². The van der Waals surface area contributed by atoms with E-state index in [1.54, 1.807) is 22.6 Å². The molecule has 0 saturated heterocycles. The van der Waals surface area contributed by atoms with E-state index >= 15 is 0 Å². The predicted molar refractivity (Wildman–Crippen MR) is 73.7 cm³/mol. The number of halogens is 4. The average Bonchev–Trinajstić information content (AvgIpc) is 2.38. The molecular formula is C12H8F3IN2O2. The van der Waals surface area contributed by atoms with Crippen molar-refractivity contribution in [2.24, 2.45) is 4.99 Å². The first-order valence-electron chi connectivity index (χ1n) is 5.19. The number of aliphatic imine (C=N–C) groups is 1. The Bertz CT molecular complexity index is 591. The molecule has 0 aliphatic rings. The van der Waals surface area contributed by atoms with E-state index in [1.165, 1.54) is 18.2 Å². The number of ether oxygens (including phenoxy) is 1. The maximum absolute atomic E-state index is 12.8. The third kappa shape index (κ3) is 4.48. The first kappa shape index (κ1) is 16.4. The Hall–Kier alpha value is -1.63. The van der Waals surface area contributed by atoms with Crippen LogP contribution in [0.5, 0.6) is 0 Å². The number of nitrogens with zero attached hydrogens (tertiary/aromatic N) is 2. The van der Waals surface area contributed by atoms with Gasteiger partial charge in [-0.2, -0.15) is 18.4 Å². The highest BCUT2D eigenvalue weighted by atomic mass is 127. The van der Waals surface area contributed by atoms with Crippen molar-refractivity contribution in [2.75, 3.05) is 7.11 Å². The molecule has 0 heterocycles. The third-order valence-corrected chi connectivity index (χ3v) is 3.06. The zero-order valence-electron chi connectivity index (χ0n) is 10.2. The molecule has 0 saturated carbocycles. The highest BCUT2D eigenvalue weighted by Gasteiger charge is 2.37. The maximum atomic E-state index is 12.8. The summed E-state index contributed by atoms with van der Waals surface area (Å²) in [6.07, 6.45) is -5.69. The quantitative estimate of drug-likeness (QED) is 0.447. The minimum atomic E-state index is -4.73. The summed E-state index contributed by atoms with van der Waals surface area (Å²) in [5.41, 5.74) is -0.886. The Morgan fingerprint density at radius 3 is 2.60 bits per heavy atom. The van der Waals surface area contributed by atoms with Gasteiger partial charge < -0.3 is 4.74 Å². The molecule has 0 N–H and O–H groups in total. The molecule has 0 radical (unpaired) electrons. The van der Waals surface area contributed by atoms with Crippen LogP contribution in [0.25, 0.3) is 0 Å². The molecule has 0 bridgehead atoms. The van der Waals surface area contributed by atoms with Crippen LogP contribution < -0.4 is 0 Å². The fraction of sp³-hybridized carbons (Fsp3) is 0.250. The molecule has 4 nitrogen and oxygen atoms in total. The van der Waals surface area contributed by atoms with Gasteiger partial charge in [0.15, 0.2) is 0 Å². The van der Waals surface area contributed by atoms with E-state index in [2.05, 4.69) is 9.73 Å². The van der Waals surface area contributed by atoms with Crippen LogP contribution in [0.1, 0.15) is 12.0 Å². The summed E-state index contributed by atoms with van der Waals surface area (Å²) in [5, 5.41) is 8.68. The van der Waals surface area contributed by atoms with Crippen molar-refractivity contribution in [1.29, 1.82) is 5.26 Å². The fourth-order valence-electron chi connectivity index (χ4n) is 1.22. The number of hydrogen-bond donors (Lipinski definition) is 0. The van der Waals surface area contributed by atoms with Crippen molar-refractivity contribution in [3.63, 3.8) is 0 Å². The van der Waals surface area contributed by atoms with E-state index in [4.69, 9.17) is 5.26 Å². The van der Waals surface area contributed by atoms with E-state index in [-0.39, 0.29) is 5.69 Å². The summed E-state index contributed by atoms with van der Waals surface area (Å²) in [6.45, 7) is 0. The summed E-state index contributed by atoms with van der Waals surface area (Å²) in [6, 6.07) is 5.93. The van der Waals surface area contributed by atoms with Crippen molar-refractivity contribution in [2.45, 2.75) is 12.6 Å². The predicted octanol–water partition coefficient (Wildman–Crippen LogP) is 3.36. The summed E-state index contributed by atoms with van der Waals surface area (Å²) >= 11 is 1.77. The average molecular weight is 396 g/mol. The highest BCUT2D eigenvalue weighted by Crippen LogP contribution is 2.27. The zero-order valence-corrected chi connectivity index (χ0v) is 12.3. The van der Waals surface area contributed by atoms with E-state index < -0.39 is 24.3 Å². The van der Waals surface area contributed by atoms with Gasteiger partial charge in [-0.15, -0.1) is 0 Å². The van der Waals surface area contributed by atoms with Crippen molar-refractivity contribution in [3.05, 3.63) is 27.3 Å². The molecule has 0 spiro atoms. The molecular weight excluding hydrogens is 388 g/mol. The summed E-state index contributed by atoms with van der Waals surface area (Å²) in [5.74, 6) is -1.02. The lowest BCUT2D eigenvalue weighted by Crippen LogP contribution is -2.26. The molecule has 0 atom stereocenters. The first-order valence-corrected chi connectivity index (χ1v) is 6.27. The third-order valence-electron chi connectivity index (χ3n) is 2.20. The van der Waals surface area contributed by atoms with Gasteiger partial charge in [0.1, 0.15) is 5.71 Å². The zero-order chi connectivity index (χ0) is 15.3. The second-order valence-electron chi connectivity index (χ2n) is 3.59. The monoisotopic (exact) mass is 396 g/mol. The van der Waals surface area contributed by atoms with Gasteiger partial charge in [-0.3, -0.25) is 4.79 Å². The van der Waals surface area contributed by atoms with Gasteiger partial charge in [0.25, 0.3) is 0 Å².